The molecule has 2 fully saturated rings. The summed E-state index contributed by atoms with van der Waals surface area (Å²) < 4.78 is 17.2. The minimum absolute atomic E-state index is 0.0204. The molecule has 45 heavy (non-hydrogen) atoms. The van der Waals surface area contributed by atoms with Gasteiger partial charge in [0.25, 0.3) is 5.56 Å². The molecule has 3 atom stereocenters. The van der Waals surface area contributed by atoms with Crippen LogP contribution in [-0.2, 0) is 30.3 Å². The predicted octanol–water partition coefficient (Wildman–Crippen LogP) is 5.63. The largest absolute Gasteiger partial charge is 0.444 e. The van der Waals surface area contributed by atoms with E-state index in [1.165, 1.54) is 0 Å². The molecule has 6 rings (SSSR count). The molecule has 3 aromatic heterocycles. The van der Waals surface area contributed by atoms with Crippen LogP contribution in [0, 0.1) is 0 Å². The molecule has 1 amide bonds. The number of anilines is 1. The fourth-order valence-electron chi connectivity index (χ4n) is 6.81. The maximum atomic E-state index is 14.3. The second kappa shape index (κ2) is 11.6. The second-order valence-electron chi connectivity index (χ2n) is 15.0. The van der Waals surface area contributed by atoms with Gasteiger partial charge in [0.05, 0.1) is 10.9 Å². The van der Waals surface area contributed by atoms with Gasteiger partial charge in [-0.25, -0.2) is 4.79 Å². The van der Waals surface area contributed by atoms with Gasteiger partial charge in [0, 0.05) is 70.2 Å². The summed E-state index contributed by atoms with van der Waals surface area (Å²) in [5.74, 6) is 0.673. The number of alkyl carbamates (subject to hydrolysis) is 1. The number of aryl methyl sites for hydroxylation is 1. The average molecular weight is 634 g/mol. The van der Waals surface area contributed by atoms with E-state index in [1.54, 1.807) is 9.25 Å². The summed E-state index contributed by atoms with van der Waals surface area (Å²) in [5, 5.41) is 9.21. The van der Waals surface area contributed by atoms with Crippen LogP contribution in [0.1, 0.15) is 46.5 Å². The molecule has 5 heterocycles. The maximum Gasteiger partial charge on any atom is 0.407 e. The van der Waals surface area contributed by atoms with Crippen molar-refractivity contribution in [2.75, 3.05) is 11.5 Å². The summed E-state index contributed by atoms with van der Waals surface area (Å²) in [6.07, 6.45) is 7.16. The van der Waals surface area contributed by atoms with E-state index in [2.05, 4.69) is 41.0 Å². The number of nitrogens with zero attached hydrogens (tertiary/aromatic N) is 6. The lowest BCUT2D eigenvalue weighted by Crippen LogP contribution is -2.52. The highest BCUT2D eigenvalue weighted by atomic mass is 28.3. The molecule has 0 aliphatic carbocycles. The van der Waals surface area contributed by atoms with Crippen LogP contribution in [-0.4, -0.2) is 68.4 Å². The summed E-state index contributed by atoms with van der Waals surface area (Å²) >= 11 is 0. The zero-order valence-corrected chi connectivity index (χ0v) is 28.9. The number of hydrogen-bond donors (Lipinski definition) is 1. The highest BCUT2D eigenvalue weighted by Gasteiger charge is 2.43. The summed E-state index contributed by atoms with van der Waals surface area (Å²) in [6.45, 7) is 13.6. The Bertz CT molecular complexity index is 1780. The third kappa shape index (κ3) is 6.53. The quantitative estimate of drug-likeness (QED) is 0.198. The molecule has 1 N–H and O–H groups in total. The third-order valence-electron chi connectivity index (χ3n) is 8.92. The fourth-order valence-corrected chi connectivity index (χ4v) is 7.56. The zero-order valence-electron chi connectivity index (χ0n) is 27.9. The van der Waals surface area contributed by atoms with E-state index in [4.69, 9.17) is 14.5 Å². The van der Waals surface area contributed by atoms with Gasteiger partial charge in [-0.2, -0.15) is 10.1 Å². The number of nitrogens with one attached hydrogen (secondary N) is 1. The predicted molar refractivity (Wildman–Crippen MR) is 180 cm³/mol. The van der Waals surface area contributed by atoms with Gasteiger partial charge in [-0.1, -0.05) is 25.7 Å². The van der Waals surface area contributed by atoms with Crippen LogP contribution in [0.25, 0.3) is 33.1 Å². The number of ether oxygens (including phenoxy) is 2. The highest BCUT2D eigenvalue weighted by Crippen LogP contribution is 2.39. The molecule has 2 aliphatic heterocycles. The fraction of sp³-hybridized carbons (Fsp3) is 0.576. The maximum absolute atomic E-state index is 14.3. The van der Waals surface area contributed by atoms with E-state index in [0.717, 1.165) is 53.8 Å². The van der Waals surface area contributed by atoms with Gasteiger partial charge in [0.15, 0.2) is 5.65 Å². The van der Waals surface area contributed by atoms with E-state index in [0.29, 0.717) is 30.3 Å². The third-order valence-corrected chi connectivity index (χ3v) is 10.6. The van der Waals surface area contributed by atoms with Crippen LogP contribution in [0.3, 0.4) is 0 Å². The van der Waals surface area contributed by atoms with Gasteiger partial charge < -0.3 is 24.3 Å². The van der Waals surface area contributed by atoms with Crippen molar-refractivity contribution in [3.8, 4) is 11.1 Å². The van der Waals surface area contributed by atoms with Gasteiger partial charge in [0.2, 0.25) is 5.95 Å². The Morgan fingerprint density at radius 3 is 2.47 bits per heavy atom. The van der Waals surface area contributed by atoms with Gasteiger partial charge in [-0.05, 0) is 70.2 Å². The Balaban J connectivity index is 1.36. The van der Waals surface area contributed by atoms with Crippen molar-refractivity contribution in [2.45, 2.75) is 103 Å². The second-order valence-corrected chi connectivity index (χ2v) is 20.6. The lowest BCUT2D eigenvalue weighted by Gasteiger charge is -2.40. The molecule has 0 radical (unpaired) electrons. The van der Waals surface area contributed by atoms with E-state index in [1.807, 2.05) is 64.0 Å². The number of aromatic nitrogens is 5. The standard InChI is InChI=1S/C33H47N7O4Si/c1-33(2,3)44-32(42)34-23-16-24-10-11-25(17-23)40(24)31-35-29-28(30(41)38(31)5)26(19-39(29)20-43-13-14-45(6,7)8)21-9-12-27-22(15-21)18-37(4)36-27/h9,12,15,18-19,23-25H,10-11,13-14,16-17,20H2,1-8H3,(H,34,42)/t23-,24+,25-. The van der Waals surface area contributed by atoms with E-state index in [9.17, 15) is 9.59 Å². The van der Waals surface area contributed by atoms with Crippen LogP contribution in [0.4, 0.5) is 10.7 Å². The molecule has 0 spiro atoms. The monoisotopic (exact) mass is 633 g/mol. The summed E-state index contributed by atoms with van der Waals surface area (Å²) in [7, 11) is 2.48. The average Bonchev–Trinajstić information content (AvgIpc) is 3.56. The molecular formula is C33H47N7O4Si. The molecule has 11 nitrogen and oxygen atoms in total. The molecule has 0 unspecified atom stereocenters. The van der Waals surface area contributed by atoms with Gasteiger partial charge >= 0.3 is 6.09 Å². The molecular weight excluding hydrogens is 586 g/mol. The topological polar surface area (TPSA) is 108 Å². The van der Waals surface area contributed by atoms with Crippen molar-refractivity contribution >= 4 is 42.1 Å². The number of fused-ring (bicyclic) bond motifs is 4. The first-order valence-electron chi connectivity index (χ1n) is 16.1. The van der Waals surface area contributed by atoms with Gasteiger partial charge in [-0.15, -0.1) is 0 Å². The Kier molecular flexibility index (Phi) is 8.09. The number of benzene rings is 1. The van der Waals surface area contributed by atoms with Crippen LogP contribution in [0.15, 0.2) is 35.4 Å². The molecule has 2 aliphatic rings. The number of carbonyl (C=O) groups excluding carboxylic acids is 1. The first kappa shape index (κ1) is 31.3. The molecule has 2 saturated heterocycles. The summed E-state index contributed by atoms with van der Waals surface area (Å²) in [4.78, 5) is 34.3. The van der Waals surface area contributed by atoms with E-state index < -0.39 is 13.7 Å². The van der Waals surface area contributed by atoms with Crippen LogP contribution in [0.2, 0.25) is 25.7 Å². The highest BCUT2D eigenvalue weighted by molar-refractivity contribution is 6.76. The number of piperidine rings is 1. The lowest BCUT2D eigenvalue weighted by molar-refractivity contribution is 0.0492. The first-order valence-corrected chi connectivity index (χ1v) is 19.8. The smallest absolute Gasteiger partial charge is 0.407 e. The number of rotatable bonds is 8. The Morgan fingerprint density at radius 1 is 1.09 bits per heavy atom. The molecule has 0 saturated carbocycles. The summed E-state index contributed by atoms with van der Waals surface area (Å²) in [6, 6.07) is 7.53. The lowest BCUT2D eigenvalue weighted by atomic mass is 9.98. The van der Waals surface area contributed by atoms with Crippen LogP contribution >= 0.6 is 0 Å². The Hall–Kier alpha value is -3.64. The molecule has 4 aromatic rings. The minimum Gasteiger partial charge on any atom is -0.444 e. The molecule has 1 aromatic carbocycles. The Labute approximate surface area is 265 Å². The van der Waals surface area contributed by atoms with Crippen LogP contribution < -0.4 is 15.8 Å². The van der Waals surface area contributed by atoms with Crippen molar-refractivity contribution in [3.05, 3.63) is 40.9 Å². The van der Waals surface area contributed by atoms with Crippen molar-refractivity contribution < 1.29 is 14.3 Å². The molecule has 2 bridgehead atoms. The van der Waals surface area contributed by atoms with Crippen molar-refractivity contribution in [1.29, 1.82) is 0 Å². The number of amides is 1. The normalized spacial score (nSPS) is 20.4. The first-order chi connectivity index (χ1) is 21.2. The van der Waals surface area contributed by atoms with Crippen molar-refractivity contribution in [1.82, 2.24) is 29.2 Å². The van der Waals surface area contributed by atoms with Crippen LogP contribution in [0.5, 0.6) is 0 Å². The number of carbonyl (C=O) groups is 1. The minimum atomic E-state index is -1.26. The molecule has 242 valence electrons. The SMILES string of the molecule is Cn1cc2cc(-c3cn(COCC[Si](C)(C)C)c4nc(N5[C@@H]6CC[C@H]5C[C@@H](NC(=O)OC(C)(C)C)C6)n(C)c(=O)c34)ccc2n1. The van der Waals surface area contributed by atoms with Gasteiger partial charge in [-0.3, -0.25) is 14.0 Å². The number of hydrogen-bond acceptors (Lipinski definition) is 7. The Morgan fingerprint density at radius 2 is 1.80 bits per heavy atom. The van der Waals surface area contributed by atoms with Gasteiger partial charge in [0.1, 0.15) is 12.3 Å². The molecule has 12 heteroatoms. The van der Waals surface area contributed by atoms with Crippen molar-refractivity contribution in [3.63, 3.8) is 0 Å². The zero-order chi connectivity index (χ0) is 32.3. The van der Waals surface area contributed by atoms with E-state index in [-0.39, 0.29) is 29.8 Å². The van der Waals surface area contributed by atoms with E-state index >= 15 is 0 Å². The van der Waals surface area contributed by atoms with Crippen molar-refractivity contribution in [2.24, 2.45) is 14.1 Å². The summed E-state index contributed by atoms with van der Waals surface area (Å²) in [5.41, 5.74) is 2.71.